The molecule has 140 valence electrons. The van der Waals surface area contributed by atoms with Gasteiger partial charge in [-0.2, -0.15) is 0 Å². The Hall–Kier alpha value is -1.09. The van der Waals surface area contributed by atoms with Gasteiger partial charge < -0.3 is 10.6 Å². The number of rotatable bonds is 6. The van der Waals surface area contributed by atoms with E-state index in [-0.39, 0.29) is 0 Å². The standard InChI is InChI=1S/C22H36N2S/c1-5-18-14-17(13-16(3)4)15-19(6-2)21(18)24-22(25)23-20-11-9-7-8-10-12-20/h14-16,20H,5-13H2,1-4H3,(H2,23,24,25). The Balaban J connectivity index is 2.12. The second kappa shape index (κ2) is 10.2. The molecule has 0 amide bonds. The number of benzene rings is 1. The molecule has 2 nitrogen and oxygen atoms in total. The monoisotopic (exact) mass is 360 g/mol. The van der Waals surface area contributed by atoms with Crippen molar-refractivity contribution in [3.05, 3.63) is 28.8 Å². The number of nitrogens with one attached hydrogen (secondary N) is 2. The first kappa shape index (κ1) is 20.2. The second-order valence-corrected chi connectivity index (χ2v) is 8.29. The summed E-state index contributed by atoms with van der Waals surface area (Å²) in [4.78, 5) is 0. The molecule has 2 N–H and O–H groups in total. The smallest absolute Gasteiger partial charge is 0.171 e. The minimum absolute atomic E-state index is 0.540. The molecule has 3 heteroatoms. The van der Waals surface area contributed by atoms with Crippen molar-refractivity contribution in [2.45, 2.75) is 91.5 Å². The van der Waals surface area contributed by atoms with Crippen LogP contribution in [0.4, 0.5) is 5.69 Å². The van der Waals surface area contributed by atoms with Crippen LogP contribution in [-0.2, 0) is 19.3 Å². The third kappa shape index (κ3) is 6.29. The van der Waals surface area contributed by atoms with Crippen LogP contribution in [0.3, 0.4) is 0 Å². The van der Waals surface area contributed by atoms with Crippen LogP contribution in [0.2, 0.25) is 0 Å². The van der Waals surface area contributed by atoms with Gasteiger partial charge in [0.2, 0.25) is 0 Å². The molecular weight excluding hydrogens is 324 g/mol. The van der Waals surface area contributed by atoms with Gasteiger partial charge in [0.15, 0.2) is 5.11 Å². The molecule has 0 spiro atoms. The van der Waals surface area contributed by atoms with E-state index < -0.39 is 0 Å². The molecule has 0 atom stereocenters. The van der Waals surface area contributed by atoms with Crippen molar-refractivity contribution in [1.29, 1.82) is 0 Å². The van der Waals surface area contributed by atoms with Crippen LogP contribution in [0.1, 0.15) is 82.9 Å². The number of hydrogen-bond acceptors (Lipinski definition) is 1. The lowest BCUT2D eigenvalue weighted by atomic mass is 9.94. The Morgan fingerprint density at radius 2 is 1.60 bits per heavy atom. The zero-order valence-electron chi connectivity index (χ0n) is 16.6. The molecule has 1 aliphatic carbocycles. The summed E-state index contributed by atoms with van der Waals surface area (Å²) in [5, 5.41) is 7.93. The van der Waals surface area contributed by atoms with Gasteiger partial charge in [0, 0.05) is 11.7 Å². The highest BCUT2D eigenvalue weighted by molar-refractivity contribution is 7.80. The van der Waals surface area contributed by atoms with E-state index in [2.05, 4.69) is 50.5 Å². The van der Waals surface area contributed by atoms with E-state index in [9.17, 15) is 0 Å². The Bertz CT molecular complexity index is 532. The lowest BCUT2D eigenvalue weighted by molar-refractivity contribution is 0.535. The molecule has 1 fully saturated rings. The summed E-state index contributed by atoms with van der Waals surface area (Å²) in [5.74, 6) is 0.686. The van der Waals surface area contributed by atoms with Gasteiger partial charge in [0.25, 0.3) is 0 Å². The van der Waals surface area contributed by atoms with E-state index in [0.29, 0.717) is 12.0 Å². The van der Waals surface area contributed by atoms with Crippen LogP contribution in [0.5, 0.6) is 0 Å². The van der Waals surface area contributed by atoms with Gasteiger partial charge in [-0.05, 0) is 66.9 Å². The molecule has 1 aromatic carbocycles. The molecule has 0 bridgehead atoms. The van der Waals surface area contributed by atoms with Gasteiger partial charge in [0.1, 0.15) is 0 Å². The molecule has 2 rings (SSSR count). The van der Waals surface area contributed by atoms with Gasteiger partial charge in [-0.25, -0.2) is 0 Å². The van der Waals surface area contributed by atoms with E-state index in [4.69, 9.17) is 12.2 Å². The van der Waals surface area contributed by atoms with E-state index >= 15 is 0 Å². The second-order valence-electron chi connectivity index (χ2n) is 7.88. The fourth-order valence-corrected chi connectivity index (χ4v) is 4.17. The third-order valence-corrected chi connectivity index (χ3v) is 5.42. The summed E-state index contributed by atoms with van der Waals surface area (Å²) in [6.07, 6.45) is 11.1. The van der Waals surface area contributed by atoms with Gasteiger partial charge in [0.05, 0.1) is 0 Å². The fourth-order valence-electron chi connectivity index (χ4n) is 3.91. The van der Waals surface area contributed by atoms with E-state index in [1.165, 1.54) is 60.9 Å². The Morgan fingerprint density at radius 3 is 2.08 bits per heavy atom. The molecule has 0 aromatic heterocycles. The first-order valence-corrected chi connectivity index (χ1v) is 10.7. The fraction of sp³-hybridized carbons (Fsp3) is 0.682. The lowest BCUT2D eigenvalue weighted by Crippen LogP contribution is -2.37. The van der Waals surface area contributed by atoms with Crippen LogP contribution >= 0.6 is 12.2 Å². The van der Waals surface area contributed by atoms with Crippen LogP contribution < -0.4 is 10.6 Å². The summed E-state index contributed by atoms with van der Waals surface area (Å²) in [6.45, 7) is 9.05. The van der Waals surface area contributed by atoms with Gasteiger partial charge in [-0.15, -0.1) is 0 Å². The first-order valence-electron chi connectivity index (χ1n) is 10.3. The topological polar surface area (TPSA) is 24.1 Å². The largest absolute Gasteiger partial charge is 0.360 e. The maximum atomic E-state index is 5.66. The van der Waals surface area contributed by atoms with Gasteiger partial charge in [-0.1, -0.05) is 65.5 Å². The average molecular weight is 361 g/mol. The lowest BCUT2D eigenvalue weighted by Gasteiger charge is -2.22. The number of anilines is 1. The van der Waals surface area contributed by atoms with Crippen molar-refractivity contribution in [2.75, 3.05) is 5.32 Å². The Kier molecular flexibility index (Phi) is 8.21. The molecule has 1 aliphatic rings. The summed E-state index contributed by atoms with van der Waals surface area (Å²) >= 11 is 5.66. The van der Waals surface area contributed by atoms with Crippen LogP contribution in [0.15, 0.2) is 12.1 Å². The van der Waals surface area contributed by atoms with E-state index in [1.807, 2.05) is 0 Å². The highest BCUT2D eigenvalue weighted by atomic mass is 32.1. The molecular formula is C22H36N2S. The van der Waals surface area contributed by atoms with Crippen LogP contribution in [0.25, 0.3) is 0 Å². The van der Waals surface area contributed by atoms with Crippen molar-refractivity contribution >= 4 is 23.0 Å². The molecule has 1 aromatic rings. The molecule has 25 heavy (non-hydrogen) atoms. The van der Waals surface area contributed by atoms with Crippen molar-refractivity contribution in [2.24, 2.45) is 5.92 Å². The maximum absolute atomic E-state index is 5.66. The first-order chi connectivity index (χ1) is 12.0. The summed E-state index contributed by atoms with van der Waals surface area (Å²) < 4.78 is 0. The molecule has 0 saturated heterocycles. The summed E-state index contributed by atoms with van der Waals surface area (Å²) in [7, 11) is 0. The maximum Gasteiger partial charge on any atom is 0.171 e. The van der Waals surface area contributed by atoms with Crippen LogP contribution in [-0.4, -0.2) is 11.2 Å². The minimum atomic E-state index is 0.540. The highest BCUT2D eigenvalue weighted by Crippen LogP contribution is 2.26. The predicted octanol–water partition coefficient (Wildman–Crippen LogP) is 6.02. The number of hydrogen-bond donors (Lipinski definition) is 2. The van der Waals surface area contributed by atoms with Crippen molar-refractivity contribution < 1.29 is 0 Å². The normalized spacial score (nSPS) is 15.9. The molecule has 0 radical (unpaired) electrons. The quantitative estimate of drug-likeness (QED) is 0.479. The summed E-state index contributed by atoms with van der Waals surface area (Å²) in [5.41, 5.74) is 5.47. The average Bonchev–Trinajstić information content (AvgIpc) is 2.83. The van der Waals surface area contributed by atoms with Crippen molar-refractivity contribution in [3.8, 4) is 0 Å². The van der Waals surface area contributed by atoms with E-state index in [0.717, 1.165) is 24.4 Å². The molecule has 0 heterocycles. The predicted molar refractivity (Wildman–Crippen MR) is 115 cm³/mol. The van der Waals surface area contributed by atoms with Gasteiger partial charge in [-0.3, -0.25) is 0 Å². The van der Waals surface area contributed by atoms with Crippen molar-refractivity contribution in [1.82, 2.24) is 5.32 Å². The Morgan fingerprint density at radius 1 is 1.04 bits per heavy atom. The molecule has 0 aliphatic heterocycles. The SMILES string of the molecule is CCc1cc(CC(C)C)cc(CC)c1NC(=S)NC1CCCCCC1. The van der Waals surface area contributed by atoms with Crippen molar-refractivity contribution in [3.63, 3.8) is 0 Å². The minimum Gasteiger partial charge on any atom is -0.360 e. The summed E-state index contributed by atoms with van der Waals surface area (Å²) in [6, 6.07) is 5.28. The zero-order valence-corrected chi connectivity index (χ0v) is 17.4. The Labute approximate surface area is 160 Å². The zero-order chi connectivity index (χ0) is 18.2. The number of aryl methyl sites for hydroxylation is 2. The molecule has 1 saturated carbocycles. The van der Waals surface area contributed by atoms with Crippen LogP contribution in [0, 0.1) is 5.92 Å². The highest BCUT2D eigenvalue weighted by Gasteiger charge is 2.15. The van der Waals surface area contributed by atoms with E-state index in [1.54, 1.807) is 0 Å². The number of thiocarbonyl (C=S) groups is 1. The van der Waals surface area contributed by atoms with Gasteiger partial charge >= 0.3 is 0 Å². The third-order valence-electron chi connectivity index (χ3n) is 5.20. The molecule has 0 unspecified atom stereocenters.